The van der Waals surface area contributed by atoms with Gasteiger partial charge in [0.05, 0.1) is 24.1 Å². The van der Waals surface area contributed by atoms with Crippen molar-refractivity contribution in [2.24, 2.45) is 5.73 Å². The predicted molar refractivity (Wildman–Crippen MR) is 110 cm³/mol. The fraction of sp³-hybridized carbons (Fsp3) is 0.273. The van der Waals surface area contributed by atoms with Crippen LogP contribution in [0.15, 0.2) is 47.1 Å². The molecule has 6 nitrogen and oxygen atoms in total. The maximum Gasteiger partial charge on any atom is 0.248 e. The number of carbonyl (C=O) groups excluding carboxylic acids is 2. The molecule has 4 rings (SSSR count). The third-order valence-electron chi connectivity index (χ3n) is 5.16. The Morgan fingerprint density at radius 1 is 1.14 bits per heavy atom. The normalized spacial score (nSPS) is 13.8. The summed E-state index contributed by atoms with van der Waals surface area (Å²) < 4.78 is 5.59. The van der Waals surface area contributed by atoms with E-state index in [-0.39, 0.29) is 12.3 Å². The highest BCUT2D eigenvalue weighted by atomic mass is 16.3. The van der Waals surface area contributed by atoms with Crippen molar-refractivity contribution in [1.82, 2.24) is 0 Å². The van der Waals surface area contributed by atoms with Gasteiger partial charge >= 0.3 is 0 Å². The summed E-state index contributed by atoms with van der Waals surface area (Å²) in [6.45, 7) is 3.87. The first-order valence-corrected chi connectivity index (χ1v) is 9.46. The lowest BCUT2D eigenvalue weighted by Gasteiger charge is -2.22. The topological polar surface area (TPSA) is 88.6 Å². The molecule has 1 aliphatic rings. The lowest BCUT2D eigenvalue weighted by atomic mass is 10.1. The number of nitrogens with zero attached hydrogens (tertiary/aromatic N) is 1. The van der Waals surface area contributed by atoms with E-state index in [4.69, 9.17) is 10.2 Å². The molecule has 3 N–H and O–H groups in total. The maximum absolute atomic E-state index is 12.8. The second-order valence-corrected chi connectivity index (χ2v) is 7.28. The van der Waals surface area contributed by atoms with Crippen LogP contribution in [0.4, 0.5) is 11.4 Å². The summed E-state index contributed by atoms with van der Waals surface area (Å²) in [5.41, 5.74) is 10.1. The van der Waals surface area contributed by atoms with Gasteiger partial charge in [-0.1, -0.05) is 12.1 Å². The Morgan fingerprint density at radius 3 is 2.68 bits per heavy atom. The number of benzene rings is 2. The highest BCUT2D eigenvalue weighted by Gasteiger charge is 2.19. The maximum atomic E-state index is 12.8. The van der Waals surface area contributed by atoms with E-state index in [1.165, 1.54) is 0 Å². The Labute approximate surface area is 163 Å². The third kappa shape index (κ3) is 3.58. The third-order valence-corrected chi connectivity index (χ3v) is 5.16. The zero-order valence-electron chi connectivity index (χ0n) is 15.8. The molecule has 144 valence electrons. The van der Waals surface area contributed by atoms with Crippen LogP contribution in [-0.4, -0.2) is 24.9 Å². The largest absolute Gasteiger partial charge is 0.464 e. The molecular weight excluding hydrogens is 354 g/mol. The molecule has 0 bridgehead atoms. The minimum atomic E-state index is -0.514. The molecule has 1 fully saturated rings. The van der Waals surface area contributed by atoms with E-state index in [1.807, 2.05) is 31.2 Å². The molecule has 1 aromatic heterocycles. The van der Waals surface area contributed by atoms with Crippen molar-refractivity contribution in [1.29, 1.82) is 0 Å². The fourth-order valence-electron chi connectivity index (χ4n) is 3.72. The lowest BCUT2D eigenvalue weighted by molar-refractivity contribution is -0.115. The Bertz CT molecular complexity index is 1050. The molecule has 1 aliphatic heterocycles. The Hall–Kier alpha value is -3.28. The molecule has 0 atom stereocenters. The quantitative estimate of drug-likeness (QED) is 0.711. The minimum Gasteiger partial charge on any atom is -0.464 e. The number of carbonyl (C=O) groups is 2. The average Bonchev–Trinajstić information content (AvgIpc) is 3.32. The van der Waals surface area contributed by atoms with Gasteiger partial charge in [0.2, 0.25) is 11.8 Å². The van der Waals surface area contributed by atoms with Gasteiger partial charge in [-0.15, -0.1) is 0 Å². The van der Waals surface area contributed by atoms with Crippen LogP contribution in [0, 0.1) is 6.92 Å². The number of rotatable bonds is 5. The molecule has 2 amide bonds. The van der Waals surface area contributed by atoms with Crippen LogP contribution in [0.3, 0.4) is 0 Å². The van der Waals surface area contributed by atoms with Gasteiger partial charge in [0.25, 0.3) is 0 Å². The Kier molecular flexibility index (Phi) is 4.77. The van der Waals surface area contributed by atoms with Crippen LogP contribution < -0.4 is 16.0 Å². The van der Waals surface area contributed by atoms with Crippen molar-refractivity contribution in [2.75, 3.05) is 23.3 Å². The summed E-state index contributed by atoms with van der Waals surface area (Å²) in [5.74, 6) is -0.676. The SMILES string of the molecule is Cc1ccc2c(CC(=O)Nc3cc(C(N)=O)ccc3N3CCCC3)coc2c1. The summed E-state index contributed by atoms with van der Waals surface area (Å²) in [6.07, 6.45) is 4.05. The van der Waals surface area contributed by atoms with Crippen molar-refractivity contribution in [3.8, 4) is 0 Å². The number of hydrogen-bond donors (Lipinski definition) is 2. The molecule has 0 saturated carbocycles. The number of aryl methyl sites for hydroxylation is 1. The molecule has 2 heterocycles. The first-order chi connectivity index (χ1) is 13.5. The number of furan rings is 1. The van der Waals surface area contributed by atoms with Crippen LogP contribution in [-0.2, 0) is 11.2 Å². The monoisotopic (exact) mass is 377 g/mol. The summed E-state index contributed by atoms with van der Waals surface area (Å²) in [4.78, 5) is 26.6. The number of amides is 2. The van der Waals surface area contributed by atoms with Gasteiger partial charge in [-0.25, -0.2) is 0 Å². The second kappa shape index (κ2) is 7.38. The van der Waals surface area contributed by atoms with E-state index in [9.17, 15) is 9.59 Å². The molecule has 28 heavy (non-hydrogen) atoms. The first-order valence-electron chi connectivity index (χ1n) is 9.46. The van der Waals surface area contributed by atoms with Crippen molar-refractivity contribution >= 4 is 34.2 Å². The number of fused-ring (bicyclic) bond motifs is 1. The molecule has 0 aliphatic carbocycles. The minimum absolute atomic E-state index is 0.162. The molecule has 6 heteroatoms. The van der Waals surface area contributed by atoms with E-state index < -0.39 is 5.91 Å². The lowest BCUT2D eigenvalue weighted by Crippen LogP contribution is -2.22. The highest BCUT2D eigenvalue weighted by Crippen LogP contribution is 2.30. The van der Waals surface area contributed by atoms with Crippen molar-refractivity contribution < 1.29 is 14.0 Å². The van der Waals surface area contributed by atoms with E-state index in [0.29, 0.717) is 11.3 Å². The predicted octanol–water partition coefficient (Wildman–Crippen LogP) is 3.62. The van der Waals surface area contributed by atoms with Gasteiger partial charge in [-0.05, 0) is 49.6 Å². The molecule has 0 spiro atoms. The van der Waals surface area contributed by atoms with Gasteiger partial charge < -0.3 is 20.4 Å². The van der Waals surface area contributed by atoms with E-state index in [2.05, 4.69) is 10.2 Å². The number of nitrogens with two attached hydrogens (primary N) is 1. The van der Waals surface area contributed by atoms with E-state index in [0.717, 1.165) is 53.7 Å². The van der Waals surface area contributed by atoms with Crippen molar-refractivity contribution in [2.45, 2.75) is 26.2 Å². The Balaban J connectivity index is 1.59. The zero-order valence-corrected chi connectivity index (χ0v) is 15.8. The van der Waals surface area contributed by atoms with Crippen molar-refractivity contribution in [3.63, 3.8) is 0 Å². The van der Waals surface area contributed by atoms with Crippen LogP contribution in [0.1, 0.15) is 34.3 Å². The number of nitrogens with one attached hydrogen (secondary N) is 1. The molecule has 0 unspecified atom stereocenters. The Morgan fingerprint density at radius 2 is 1.93 bits per heavy atom. The second-order valence-electron chi connectivity index (χ2n) is 7.28. The fourth-order valence-corrected chi connectivity index (χ4v) is 3.72. The summed E-state index contributed by atoms with van der Waals surface area (Å²) >= 11 is 0. The van der Waals surface area contributed by atoms with Gasteiger partial charge in [0, 0.05) is 29.6 Å². The summed E-state index contributed by atoms with van der Waals surface area (Å²) in [6, 6.07) is 11.2. The highest BCUT2D eigenvalue weighted by molar-refractivity contribution is 6.01. The average molecular weight is 377 g/mol. The van der Waals surface area contributed by atoms with Crippen molar-refractivity contribution in [3.05, 3.63) is 59.4 Å². The van der Waals surface area contributed by atoms with Crippen LogP contribution in [0.2, 0.25) is 0 Å². The van der Waals surface area contributed by atoms with E-state index in [1.54, 1.807) is 18.4 Å². The number of primary amides is 1. The van der Waals surface area contributed by atoms with Crippen LogP contribution in [0.25, 0.3) is 11.0 Å². The van der Waals surface area contributed by atoms with Gasteiger partial charge in [-0.2, -0.15) is 0 Å². The van der Waals surface area contributed by atoms with Gasteiger partial charge in [-0.3, -0.25) is 9.59 Å². The first kappa shape index (κ1) is 18.1. The smallest absolute Gasteiger partial charge is 0.248 e. The number of anilines is 2. The summed E-state index contributed by atoms with van der Waals surface area (Å²) in [7, 11) is 0. The molecule has 0 radical (unpaired) electrons. The van der Waals surface area contributed by atoms with Gasteiger partial charge in [0.15, 0.2) is 0 Å². The molecule has 1 saturated heterocycles. The summed E-state index contributed by atoms with van der Waals surface area (Å²) in [5, 5.41) is 3.90. The van der Waals surface area contributed by atoms with E-state index >= 15 is 0 Å². The molecule has 2 aromatic carbocycles. The number of hydrogen-bond acceptors (Lipinski definition) is 4. The van der Waals surface area contributed by atoms with Crippen LogP contribution in [0.5, 0.6) is 0 Å². The van der Waals surface area contributed by atoms with Crippen LogP contribution >= 0.6 is 0 Å². The molecule has 3 aromatic rings. The molecular formula is C22H23N3O3. The van der Waals surface area contributed by atoms with Gasteiger partial charge in [0.1, 0.15) is 5.58 Å². The standard InChI is InChI=1S/C22H23N3O3/c1-14-4-6-17-16(13-28-20(17)10-14)12-21(26)24-18-11-15(22(23)27)5-7-19(18)25-8-2-3-9-25/h4-7,10-11,13H,2-3,8-9,12H2,1H3,(H2,23,27)(H,24,26). The zero-order chi connectivity index (χ0) is 19.7.